The van der Waals surface area contributed by atoms with Crippen LogP contribution in [0.1, 0.15) is 51.8 Å². The van der Waals surface area contributed by atoms with Crippen LogP contribution in [-0.4, -0.2) is 9.97 Å². The number of nitrogens with zero attached hydrogens (tertiary/aromatic N) is 1. The van der Waals surface area contributed by atoms with E-state index in [0.29, 0.717) is 10.8 Å². The molecule has 0 spiro atoms. The topological polar surface area (TPSA) is 28.7 Å². The number of imidazole rings is 1. The molecule has 0 aliphatic carbocycles. The third-order valence-electron chi connectivity index (χ3n) is 4.22. The van der Waals surface area contributed by atoms with Gasteiger partial charge in [-0.05, 0) is 42.1 Å². The molecule has 114 valence electrons. The Morgan fingerprint density at radius 1 is 0.905 bits per heavy atom. The van der Waals surface area contributed by atoms with Gasteiger partial charge in [-0.2, -0.15) is 0 Å². The summed E-state index contributed by atoms with van der Waals surface area (Å²) in [5.41, 5.74) is 3.24. The Balaban J connectivity index is 1.88. The SMILES string of the molecule is CC(C)(CCC(C)(C)Cc1c[nH]cn1)Cc1ccccc1. The lowest BCUT2D eigenvalue weighted by molar-refractivity contribution is 0.235. The Labute approximate surface area is 129 Å². The van der Waals surface area contributed by atoms with E-state index < -0.39 is 0 Å². The molecule has 0 atom stereocenters. The summed E-state index contributed by atoms with van der Waals surface area (Å²) in [7, 11) is 0. The van der Waals surface area contributed by atoms with Gasteiger partial charge in [0.25, 0.3) is 0 Å². The minimum absolute atomic E-state index is 0.295. The molecular weight excluding hydrogens is 256 g/mol. The van der Waals surface area contributed by atoms with Gasteiger partial charge in [0, 0.05) is 6.20 Å². The maximum Gasteiger partial charge on any atom is 0.0923 e. The van der Waals surface area contributed by atoms with Gasteiger partial charge in [-0.25, -0.2) is 4.98 Å². The Morgan fingerprint density at radius 3 is 2.10 bits per heavy atom. The number of hydrogen-bond acceptors (Lipinski definition) is 1. The first-order valence-electron chi connectivity index (χ1n) is 7.88. The predicted molar refractivity (Wildman–Crippen MR) is 89.2 cm³/mol. The second-order valence-corrected chi connectivity index (χ2v) is 7.73. The smallest absolute Gasteiger partial charge is 0.0923 e. The third-order valence-corrected chi connectivity index (χ3v) is 4.22. The summed E-state index contributed by atoms with van der Waals surface area (Å²) in [5.74, 6) is 0. The standard InChI is InChI=1S/C19H28N2/c1-18(2,12-16-8-6-5-7-9-16)10-11-19(3,4)13-17-14-20-15-21-17/h5-9,14-15H,10-13H2,1-4H3,(H,20,21). The molecule has 2 nitrogen and oxygen atoms in total. The van der Waals surface area contributed by atoms with E-state index in [1.54, 1.807) is 6.33 Å². The Morgan fingerprint density at radius 2 is 1.52 bits per heavy atom. The molecule has 2 rings (SSSR count). The molecule has 2 heteroatoms. The zero-order valence-electron chi connectivity index (χ0n) is 13.8. The highest BCUT2D eigenvalue weighted by molar-refractivity contribution is 5.16. The average Bonchev–Trinajstić information content (AvgIpc) is 2.90. The molecule has 21 heavy (non-hydrogen) atoms. The van der Waals surface area contributed by atoms with Gasteiger partial charge in [0.2, 0.25) is 0 Å². The zero-order valence-corrected chi connectivity index (χ0v) is 13.8. The Kier molecular flexibility index (Phi) is 4.87. The molecule has 0 fully saturated rings. The molecule has 0 amide bonds. The molecule has 1 aromatic carbocycles. The summed E-state index contributed by atoms with van der Waals surface area (Å²) in [6, 6.07) is 10.8. The van der Waals surface area contributed by atoms with Gasteiger partial charge in [0.15, 0.2) is 0 Å². The fourth-order valence-corrected chi connectivity index (χ4v) is 2.88. The van der Waals surface area contributed by atoms with Crippen molar-refractivity contribution < 1.29 is 0 Å². The Hall–Kier alpha value is -1.57. The fraction of sp³-hybridized carbons (Fsp3) is 0.526. The number of benzene rings is 1. The molecule has 1 N–H and O–H groups in total. The van der Waals surface area contributed by atoms with Gasteiger partial charge < -0.3 is 4.98 Å². The molecule has 1 aromatic heterocycles. The van der Waals surface area contributed by atoms with Crippen molar-refractivity contribution in [3.63, 3.8) is 0 Å². The van der Waals surface area contributed by atoms with Gasteiger partial charge in [0.05, 0.1) is 12.0 Å². The van der Waals surface area contributed by atoms with Crippen LogP contribution in [0.5, 0.6) is 0 Å². The number of rotatable bonds is 7. The highest BCUT2D eigenvalue weighted by Crippen LogP contribution is 2.35. The largest absolute Gasteiger partial charge is 0.351 e. The molecule has 0 aliphatic rings. The van der Waals surface area contributed by atoms with E-state index in [0.717, 1.165) is 12.8 Å². The van der Waals surface area contributed by atoms with Crippen LogP contribution in [0.15, 0.2) is 42.9 Å². The average molecular weight is 284 g/mol. The number of nitrogens with one attached hydrogen (secondary N) is 1. The third kappa shape index (κ3) is 5.37. The van der Waals surface area contributed by atoms with Crippen molar-refractivity contribution in [2.24, 2.45) is 10.8 Å². The minimum Gasteiger partial charge on any atom is -0.351 e. The molecule has 0 unspecified atom stereocenters. The summed E-state index contributed by atoms with van der Waals surface area (Å²) in [4.78, 5) is 7.40. The van der Waals surface area contributed by atoms with Crippen molar-refractivity contribution in [3.05, 3.63) is 54.1 Å². The van der Waals surface area contributed by atoms with Gasteiger partial charge in [-0.1, -0.05) is 58.0 Å². The van der Waals surface area contributed by atoms with Crippen LogP contribution in [-0.2, 0) is 12.8 Å². The first kappa shape index (κ1) is 15.8. The van der Waals surface area contributed by atoms with Gasteiger partial charge in [-0.3, -0.25) is 0 Å². The van der Waals surface area contributed by atoms with Crippen LogP contribution >= 0.6 is 0 Å². The lowest BCUT2D eigenvalue weighted by Crippen LogP contribution is -2.22. The Bertz CT molecular complexity index is 524. The molecule has 0 radical (unpaired) electrons. The molecule has 2 aromatic rings. The van der Waals surface area contributed by atoms with Crippen molar-refractivity contribution in [3.8, 4) is 0 Å². The van der Waals surface area contributed by atoms with Crippen LogP contribution in [0.25, 0.3) is 0 Å². The van der Waals surface area contributed by atoms with Crippen LogP contribution in [0.2, 0.25) is 0 Å². The van der Waals surface area contributed by atoms with Crippen LogP contribution < -0.4 is 0 Å². The fourth-order valence-electron chi connectivity index (χ4n) is 2.88. The summed E-state index contributed by atoms with van der Waals surface area (Å²) in [6.07, 6.45) is 8.42. The van der Waals surface area contributed by atoms with Crippen molar-refractivity contribution in [1.29, 1.82) is 0 Å². The van der Waals surface area contributed by atoms with E-state index in [1.807, 2.05) is 6.20 Å². The lowest BCUT2D eigenvalue weighted by atomic mass is 9.74. The number of aromatic amines is 1. The van der Waals surface area contributed by atoms with E-state index in [-0.39, 0.29) is 0 Å². The number of aromatic nitrogens is 2. The monoisotopic (exact) mass is 284 g/mol. The summed E-state index contributed by atoms with van der Waals surface area (Å²) < 4.78 is 0. The van der Waals surface area contributed by atoms with E-state index >= 15 is 0 Å². The first-order chi connectivity index (χ1) is 9.86. The van der Waals surface area contributed by atoms with Crippen LogP contribution in [0, 0.1) is 10.8 Å². The predicted octanol–water partition coefficient (Wildman–Crippen LogP) is 5.03. The highest BCUT2D eigenvalue weighted by atomic mass is 14.9. The van der Waals surface area contributed by atoms with Crippen molar-refractivity contribution in [2.45, 2.75) is 53.4 Å². The van der Waals surface area contributed by atoms with E-state index in [9.17, 15) is 0 Å². The van der Waals surface area contributed by atoms with E-state index in [4.69, 9.17) is 0 Å². The second kappa shape index (κ2) is 6.46. The maximum atomic E-state index is 4.36. The zero-order chi connectivity index (χ0) is 15.3. The maximum absolute atomic E-state index is 4.36. The molecule has 0 aliphatic heterocycles. The minimum atomic E-state index is 0.295. The lowest BCUT2D eigenvalue weighted by Gasteiger charge is -2.31. The molecule has 0 saturated heterocycles. The van der Waals surface area contributed by atoms with Crippen molar-refractivity contribution in [1.82, 2.24) is 9.97 Å². The number of hydrogen-bond donors (Lipinski definition) is 1. The highest BCUT2D eigenvalue weighted by Gasteiger charge is 2.25. The molecular formula is C19H28N2. The number of H-pyrrole nitrogens is 1. The van der Waals surface area contributed by atoms with Gasteiger partial charge >= 0.3 is 0 Å². The van der Waals surface area contributed by atoms with Crippen molar-refractivity contribution >= 4 is 0 Å². The molecule has 0 bridgehead atoms. The van der Waals surface area contributed by atoms with Crippen molar-refractivity contribution in [2.75, 3.05) is 0 Å². The van der Waals surface area contributed by atoms with Gasteiger partial charge in [0.1, 0.15) is 0 Å². The summed E-state index contributed by atoms with van der Waals surface area (Å²) in [5, 5.41) is 0. The summed E-state index contributed by atoms with van der Waals surface area (Å²) in [6.45, 7) is 9.45. The normalized spacial score (nSPS) is 12.6. The second-order valence-electron chi connectivity index (χ2n) is 7.73. The first-order valence-corrected chi connectivity index (χ1v) is 7.88. The van der Waals surface area contributed by atoms with E-state index in [2.05, 4.69) is 68.0 Å². The van der Waals surface area contributed by atoms with Crippen LogP contribution in [0.4, 0.5) is 0 Å². The summed E-state index contributed by atoms with van der Waals surface area (Å²) >= 11 is 0. The van der Waals surface area contributed by atoms with Crippen LogP contribution in [0.3, 0.4) is 0 Å². The quantitative estimate of drug-likeness (QED) is 0.759. The van der Waals surface area contributed by atoms with E-state index in [1.165, 1.54) is 24.1 Å². The van der Waals surface area contributed by atoms with Gasteiger partial charge in [-0.15, -0.1) is 0 Å². The molecule has 0 saturated carbocycles. The molecule has 1 heterocycles.